The Hall–Kier alpha value is -0.350. The maximum Gasteiger partial charge on any atom is 0.329 e. The van der Waals surface area contributed by atoms with Crippen molar-refractivity contribution in [3.05, 3.63) is 29.3 Å². The van der Waals surface area contributed by atoms with Crippen LogP contribution in [-0.2, 0) is 16.1 Å². The van der Waals surface area contributed by atoms with E-state index in [1.165, 1.54) is 25.7 Å². The van der Waals surface area contributed by atoms with Crippen molar-refractivity contribution < 1.29 is 19.1 Å². The Morgan fingerprint density at radius 1 is 1.05 bits per heavy atom. The Labute approximate surface area is 141 Å². The molecule has 22 heavy (non-hydrogen) atoms. The second kappa shape index (κ2) is 10.4. The average molecular weight is 393 g/mol. The quantitative estimate of drug-likeness (QED) is 0.316. The molecule has 0 spiro atoms. The van der Waals surface area contributed by atoms with Crippen LogP contribution in [0.4, 0.5) is 0 Å². The van der Waals surface area contributed by atoms with Gasteiger partial charge in [0.25, 0.3) is 0 Å². The summed E-state index contributed by atoms with van der Waals surface area (Å²) < 4.78 is 16.9. The van der Waals surface area contributed by atoms with Crippen LogP contribution in [0.25, 0.3) is 0 Å². The standard InChI is InChI=1S/C16H26BrO4P/c1-2-3-4-5-6-7-8-21-16-10-14(12-17)9-15(11-16)13-22(18,19)20/h9-11H,2-8,12-13H2,1H3,(H2,18,19,20). The minimum atomic E-state index is -4.06. The fraction of sp³-hybridized carbons (Fsp3) is 0.625. The molecule has 0 unspecified atom stereocenters. The Morgan fingerprint density at radius 3 is 2.32 bits per heavy atom. The predicted molar refractivity (Wildman–Crippen MR) is 93.7 cm³/mol. The van der Waals surface area contributed by atoms with Gasteiger partial charge in [-0.05, 0) is 29.7 Å². The van der Waals surface area contributed by atoms with Crippen molar-refractivity contribution >= 4 is 23.5 Å². The summed E-state index contributed by atoms with van der Waals surface area (Å²) in [5.41, 5.74) is 1.58. The lowest BCUT2D eigenvalue weighted by Gasteiger charge is -2.11. The first-order valence-corrected chi connectivity index (χ1v) is 10.7. The van der Waals surface area contributed by atoms with E-state index in [1.54, 1.807) is 12.1 Å². The molecule has 0 aliphatic rings. The molecule has 1 aromatic carbocycles. The van der Waals surface area contributed by atoms with Gasteiger partial charge in [0.2, 0.25) is 0 Å². The van der Waals surface area contributed by atoms with E-state index in [0.717, 1.165) is 18.4 Å². The molecule has 1 aromatic rings. The molecule has 0 radical (unpaired) electrons. The van der Waals surface area contributed by atoms with E-state index >= 15 is 0 Å². The van der Waals surface area contributed by atoms with Crippen LogP contribution in [0.3, 0.4) is 0 Å². The molecule has 0 heterocycles. The zero-order valence-corrected chi connectivity index (χ0v) is 15.6. The highest BCUT2D eigenvalue weighted by Crippen LogP contribution is 2.40. The van der Waals surface area contributed by atoms with E-state index in [2.05, 4.69) is 22.9 Å². The number of hydrogen-bond acceptors (Lipinski definition) is 2. The average Bonchev–Trinajstić information content (AvgIpc) is 2.44. The fourth-order valence-corrected chi connectivity index (χ4v) is 3.27. The summed E-state index contributed by atoms with van der Waals surface area (Å²) in [6.45, 7) is 2.85. The highest BCUT2D eigenvalue weighted by Gasteiger charge is 2.15. The van der Waals surface area contributed by atoms with Crippen LogP contribution in [0, 0.1) is 0 Å². The first kappa shape index (κ1) is 19.7. The van der Waals surface area contributed by atoms with Gasteiger partial charge in [-0.2, -0.15) is 0 Å². The summed E-state index contributed by atoms with van der Waals surface area (Å²) in [5, 5.41) is 0.634. The molecule has 1 rings (SSSR count). The topological polar surface area (TPSA) is 66.8 Å². The van der Waals surface area contributed by atoms with Crippen molar-refractivity contribution in [1.82, 2.24) is 0 Å². The summed E-state index contributed by atoms with van der Waals surface area (Å²) in [4.78, 5) is 18.2. The maximum atomic E-state index is 11.1. The van der Waals surface area contributed by atoms with Crippen LogP contribution in [-0.4, -0.2) is 16.4 Å². The van der Waals surface area contributed by atoms with Crippen molar-refractivity contribution in [2.45, 2.75) is 56.9 Å². The van der Waals surface area contributed by atoms with Gasteiger partial charge in [-0.15, -0.1) is 0 Å². The van der Waals surface area contributed by atoms with Gasteiger partial charge in [-0.3, -0.25) is 4.57 Å². The van der Waals surface area contributed by atoms with E-state index in [9.17, 15) is 4.57 Å². The fourth-order valence-electron chi connectivity index (χ4n) is 2.29. The van der Waals surface area contributed by atoms with Gasteiger partial charge in [-0.25, -0.2) is 0 Å². The van der Waals surface area contributed by atoms with Gasteiger partial charge in [0.05, 0.1) is 12.8 Å². The molecule has 0 fully saturated rings. The lowest BCUT2D eigenvalue weighted by molar-refractivity contribution is 0.304. The zero-order valence-electron chi connectivity index (χ0n) is 13.1. The highest BCUT2D eigenvalue weighted by atomic mass is 79.9. The number of ether oxygens (including phenoxy) is 1. The highest BCUT2D eigenvalue weighted by molar-refractivity contribution is 9.08. The zero-order chi connectivity index (χ0) is 16.4. The molecule has 0 aromatic heterocycles. The van der Waals surface area contributed by atoms with Crippen LogP contribution in [0.1, 0.15) is 56.6 Å². The minimum absolute atomic E-state index is 0.249. The summed E-state index contributed by atoms with van der Waals surface area (Å²) in [7, 11) is -4.06. The SMILES string of the molecule is CCCCCCCCOc1cc(CBr)cc(CP(=O)(O)O)c1. The minimum Gasteiger partial charge on any atom is -0.494 e. The summed E-state index contributed by atoms with van der Waals surface area (Å²) in [6.07, 6.45) is 6.98. The third kappa shape index (κ3) is 8.94. The largest absolute Gasteiger partial charge is 0.494 e. The Kier molecular flexibility index (Phi) is 9.34. The third-order valence-corrected chi connectivity index (χ3v) is 4.76. The van der Waals surface area contributed by atoms with E-state index in [0.29, 0.717) is 23.2 Å². The van der Waals surface area contributed by atoms with Crippen molar-refractivity contribution in [1.29, 1.82) is 0 Å². The Bertz CT molecular complexity index is 487. The number of benzene rings is 1. The van der Waals surface area contributed by atoms with Crippen molar-refractivity contribution in [3.63, 3.8) is 0 Å². The summed E-state index contributed by atoms with van der Waals surface area (Å²) in [5.74, 6) is 0.689. The molecule has 0 atom stereocenters. The third-order valence-electron chi connectivity index (χ3n) is 3.34. The summed E-state index contributed by atoms with van der Waals surface area (Å²) >= 11 is 3.37. The van der Waals surface area contributed by atoms with Gasteiger partial charge >= 0.3 is 7.60 Å². The molecule has 0 aliphatic heterocycles. The second-order valence-corrected chi connectivity index (χ2v) is 7.76. The van der Waals surface area contributed by atoms with Crippen molar-refractivity contribution in [3.8, 4) is 5.75 Å². The molecular formula is C16H26BrO4P. The molecule has 6 heteroatoms. The van der Waals surface area contributed by atoms with Gasteiger partial charge in [0.1, 0.15) is 5.75 Å². The normalized spacial score (nSPS) is 11.6. The predicted octanol–water partition coefficient (Wildman–Crippen LogP) is 5.00. The molecule has 4 nitrogen and oxygen atoms in total. The Morgan fingerprint density at radius 2 is 1.68 bits per heavy atom. The van der Waals surface area contributed by atoms with Crippen molar-refractivity contribution in [2.75, 3.05) is 6.61 Å². The lowest BCUT2D eigenvalue weighted by Crippen LogP contribution is -1.99. The van der Waals surface area contributed by atoms with Crippen LogP contribution < -0.4 is 4.74 Å². The van der Waals surface area contributed by atoms with Crippen molar-refractivity contribution in [2.24, 2.45) is 0 Å². The van der Waals surface area contributed by atoms with E-state index in [4.69, 9.17) is 14.5 Å². The van der Waals surface area contributed by atoms with Crippen LogP contribution in [0.2, 0.25) is 0 Å². The first-order valence-electron chi connectivity index (χ1n) is 7.81. The molecular weight excluding hydrogens is 367 g/mol. The van der Waals surface area contributed by atoms with Gasteiger partial charge < -0.3 is 14.5 Å². The second-order valence-electron chi connectivity index (χ2n) is 5.56. The number of rotatable bonds is 11. The van der Waals surface area contributed by atoms with Crippen LogP contribution in [0.5, 0.6) is 5.75 Å². The number of unbranched alkanes of at least 4 members (excludes halogenated alkanes) is 5. The van der Waals surface area contributed by atoms with E-state index in [1.807, 2.05) is 6.07 Å². The number of alkyl halides is 1. The summed E-state index contributed by atoms with van der Waals surface area (Å²) in [6, 6.07) is 5.43. The molecule has 0 saturated heterocycles. The van der Waals surface area contributed by atoms with E-state index < -0.39 is 7.60 Å². The monoisotopic (exact) mass is 392 g/mol. The molecule has 0 bridgehead atoms. The Balaban J connectivity index is 2.48. The molecule has 0 amide bonds. The molecule has 126 valence electrons. The number of hydrogen-bond donors (Lipinski definition) is 2. The molecule has 0 saturated carbocycles. The number of halogens is 1. The van der Waals surface area contributed by atoms with Gasteiger partial charge in [0.15, 0.2) is 0 Å². The van der Waals surface area contributed by atoms with E-state index in [-0.39, 0.29) is 6.16 Å². The lowest BCUT2D eigenvalue weighted by atomic mass is 10.1. The molecule has 0 aliphatic carbocycles. The maximum absolute atomic E-state index is 11.1. The smallest absolute Gasteiger partial charge is 0.329 e. The van der Waals surface area contributed by atoms with Crippen LogP contribution >= 0.6 is 23.5 Å². The first-order chi connectivity index (χ1) is 10.4. The van der Waals surface area contributed by atoms with Crippen LogP contribution in [0.15, 0.2) is 18.2 Å². The molecule has 2 N–H and O–H groups in total. The van der Waals surface area contributed by atoms with Gasteiger partial charge in [-0.1, -0.05) is 61.0 Å². The van der Waals surface area contributed by atoms with Gasteiger partial charge in [0, 0.05) is 5.33 Å².